The van der Waals surface area contributed by atoms with Gasteiger partial charge < -0.3 is 15.3 Å². The van der Waals surface area contributed by atoms with Gasteiger partial charge in [-0.1, -0.05) is 30.3 Å². The van der Waals surface area contributed by atoms with E-state index in [9.17, 15) is 19.5 Å². The molecule has 7 heteroatoms. The average molecular weight is 308 g/mol. The summed E-state index contributed by atoms with van der Waals surface area (Å²) >= 11 is 1.48. The third-order valence-corrected chi connectivity index (χ3v) is 4.27. The number of rotatable bonds is 4. The first-order chi connectivity index (χ1) is 10.0. The van der Waals surface area contributed by atoms with Crippen LogP contribution >= 0.6 is 11.8 Å². The van der Waals surface area contributed by atoms with E-state index in [1.54, 1.807) is 30.3 Å². The Labute approximate surface area is 126 Å². The second-order valence-corrected chi connectivity index (χ2v) is 5.69. The molecule has 1 aliphatic rings. The van der Waals surface area contributed by atoms with E-state index in [1.807, 2.05) is 0 Å². The van der Waals surface area contributed by atoms with Gasteiger partial charge in [0.25, 0.3) is 0 Å². The van der Waals surface area contributed by atoms with Gasteiger partial charge in [0.1, 0.15) is 6.04 Å². The molecule has 0 radical (unpaired) electrons. The van der Waals surface area contributed by atoms with Crippen LogP contribution in [0.5, 0.6) is 0 Å². The fraction of sp³-hybridized carbons (Fsp3) is 0.357. The van der Waals surface area contributed by atoms with Gasteiger partial charge in [0, 0.05) is 12.7 Å². The standard InChI is InChI=1S/C14H16N2O4S/c1-9(17)16-8-21-7-11(16)13(18)15-12(14(19)20)10-5-3-2-4-6-10/h2-6,11-12H,7-8H2,1H3,(H,15,18)(H,19,20). The number of hydrogen-bond acceptors (Lipinski definition) is 4. The normalized spacial score (nSPS) is 19.1. The molecule has 21 heavy (non-hydrogen) atoms. The Morgan fingerprint density at radius 1 is 1.33 bits per heavy atom. The lowest BCUT2D eigenvalue weighted by Crippen LogP contribution is -2.48. The van der Waals surface area contributed by atoms with Crippen molar-refractivity contribution in [3.8, 4) is 0 Å². The smallest absolute Gasteiger partial charge is 0.330 e. The van der Waals surface area contributed by atoms with E-state index in [0.717, 1.165) is 0 Å². The van der Waals surface area contributed by atoms with Crippen molar-refractivity contribution in [3.63, 3.8) is 0 Å². The van der Waals surface area contributed by atoms with E-state index in [-0.39, 0.29) is 5.91 Å². The Morgan fingerprint density at radius 2 is 2.00 bits per heavy atom. The van der Waals surface area contributed by atoms with Crippen molar-refractivity contribution in [3.05, 3.63) is 35.9 Å². The van der Waals surface area contributed by atoms with Crippen LogP contribution < -0.4 is 5.32 Å². The Kier molecular flexibility index (Phi) is 4.85. The number of amides is 2. The Morgan fingerprint density at radius 3 is 2.57 bits per heavy atom. The highest BCUT2D eigenvalue weighted by Crippen LogP contribution is 2.22. The van der Waals surface area contributed by atoms with E-state index >= 15 is 0 Å². The van der Waals surface area contributed by atoms with Gasteiger partial charge in [-0.2, -0.15) is 0 Å². The Hall–Kier alpha value is -2.02. The first-order valence-electron chi connectivity index (χ1n) is 6.43. The largest absolute Gasteiger partial charge is 0.479 e. The monoisotopic (exact) mass is 308 g/mol. The Bertz CT molecular complexity index is 549. The predicted molar refractivity (Wildman–Crippen MR) is 78.6 cm³/mol. The number of aliphatic carboxylic acids is 1. The van der Waals surface area contributed by atoms with Crippen LogP contribution in [0, 0.1) is 0 Å². The van der Waals surface area contributed by atoms with Crippen molar-refractivity contribution < 1.29 is 19.5 Å². The zero-order chi connectivity index (χ0) is 15.4. The molecule has 2 unspecified atom stereocenters. The second kappa shape index (κ2) is 6.62. The van der Waals surface area contributed by atoms with Crippen molar-refractivity contribution in [1.29, 1.82) is 0 Å². The molecule has 0 spiro atoms. The summed E-state index contributed by atoms with van der Waals surface area (Å²) in [6.07, 6.45) is 0. The summed E-state index contributed by atoms with van der Waals surface area (Å²) in [6, 6.07) is 6.76. The summed E-state index contributed by atoms with van der Waals surface area (Å²) < 4.78 is 0. The molecule has 2 N–H and O–H groups in total. The van der Waals surface area contributed by atoms with Crippen LogP contribution in [-0.4, -0.2) is 45.5 Å². The highest BCUT2D eigenvalue weighted by atomic mass is 32.2. The number of thioether (sulfide) groups is 1. The van der Waals surface area contributed by atoms with Crippen LogP contribution in [0.25, 0.3) is 0 Å². The van der Waals surface area contributed by atoms with E-state index in [1.165, 1.54) is 23.6 Å². The first kappa shape index (κ1) is 15.4. The lowest BCUT2D eigenvalue weighted by Gasteiger charge is -2.23. The SMILES string of the molecule is CC(=O)N1CSCC1C(=O)NC(C(=O)O)c1ccccc1. The molecule has 0 bridgehead atoms. The molecule has 2 rings (SSSR count). The summed E-state index contributed by atoms with van der Waals surface area (Å²) in [7, 11) is 0. The number of benzene rings is 1. The van der Waals surface area contributed by atoms with Gasteiger partial charge in [0.05, 0.1) is 5.88 Å². The van der Waals surface area contributed by atoms with Crippen LogP contribution in [0.3, 0.4) is 0 Å². The van der Waals surface area contributed by atoms with Gasteiger partial charge in [0.2, 0.25) is 11.8 Å². The minimum Gasteiger partial charge on any atom is -0.479 e. The molecule has 1 aliphatic heterocycles. The fourth-order valence-corrected chi connectivity index (χ4v) is 3.36. The lowest BCUT2D eigenvalue weighted by molar-refractivity contribution is -0.143. The first-order valence-corrected chi connectivity index (χ1v) is 7.59. The zero-order valence-electron chi connectivity index (χ0n) is 11.5. The number of nitrogens with zero attached hydrogens (tertiary/aromatic N) is 1. The Balaban J connectivity index is 2.12. The summed E-state index contributed by atoms with van der Waals surface area (Å²) in [6.45, 7) is 1.40. The highest BCUT2D eigenvalue weighted by Gasteiger charge is 2.35. The number of hydrogen-bond donors (Lipinski definition) is 2. The number of carbonyl (C=O) groups is 3. The van der Waals surface area contributed by atoms with Gasteiger partial charge in [0.15, 0.2) is 6.04 Å². The molecule has 1 aromatic rings. The quantitative estimate of drug-likeness (QED) is 0.861. The van der Waals surface area contributed by atoms with Crippen LogP contribution in [0.2, 0.25) is 0 Å². The molecular formula is C14H16N2O4S. The van der Waals surface area contributed by atoms with Crippen LogP contribution in [0.4, 0.5) is 0 Å². The molecule has 6 nitrogen and oxygen atoms in total. The van der Waals surface area contributed by atoms with Crippen molar-refractivity contribution in [2.24, 2.45) is 0 Å². The highest BCUT2D eigenvalue weighted by molar-refractivity contribution is 7.99. The molecule has 2 atom stereocenters. The van der Waals surface area contributed by atoms with E-state index < -0.39 is 24.0 Å². The van der Waals surface area contributed by atoms with Crippen molar-refractivity contribution in [2.45, 2.75) is 19.0 Å². The minimum absolute atomic E-state index is 0.188. The van der Waals surface area contributed by atoms with Gasteiger partial charge in [-0.05, 0) is 5.56 Å². The predicted octanol–water partition coefficient (Wildman–Crippen LogP) is 0.850. The molecule has 2 amide bonds. The van der Waals surface area contributed by atoms with Gasteiger partial charge in [-0.15, -0.1) is 11.8 Å². The third-order valence-electron chi connectivity index (χ3n) is 3.26. The topological polar surface area (TPSA) is 86.7 Å². The molecule has 0 saturated carbocycles. The number of carboxylic acid groups (broad SMARTS) is 1. The van der Waals surface area contributed by atoms with Gasteiger partial charge in [-0.25, -0.2) is 4.79 Å². The minimum atomic E-state index is -1.13. The summed E-state index contributed by atoms with van der Waals surface area (Å²) in [4.78, 5) is 36.5. The van der Waals surface area contributed by atoms with Crippen molar-refractivity contribution in [2.75, 3.05) is 11.6 Å². The summed E-state index contributed by atoms with van der Waals surface area (Å²) in [5, 5.41) is 11.8. The summed E-state index contributed by atoms with van der Waals surface area (Å²) in [5.41, 5.74) is 0.498. The fourth-order valence-electron chi connectivity index (χ4n) is 2.14. The van der Waals surface area contributed by atoms with E-state index in [2.05, 4.69) is 5.32 Å². The maximum atomic E-state index is 12.3. The molecule has 1 aromatic carbocycles. The van der Waals surface area contributed by atoms with Crippen LogP contribution in [-0.2, 0) is 14.4 Å². The molecule has 0 aromatic heterocycles. The summed E-state index contributed by atoms with van der Waals surface area (Å²) in [5.74, 6) is -0.823. The van der Waals surface area contributed by atoms with E-state index in [4.69, 9.17) is 0 Å². The molecule has 1 fully saturated rings. The number of carbonyl (C=O) groups excluding carboxylic acids is 2. The average Bonchev–Trinajstić information content (AvgIpc) is 2.94. The maximum Gasteiger partial charge on any atom is 0.330 e. The lowest BCUT2D eigenvalue weighted by atomic mass is 10.1. The maximum absolute atomic E-state index is 12.3. The van der Waals surface area contributed by atoms with Gasteiger partial charge in [-0.3, -0.25) is 9.59 Å². The van der Waals surface area contributed by atoms with Crippen molar-refractivity contribution in [1.82, 2.24) is 10.2 Å². The van der Waals surface area contributed by atoms with Crippen molar-refractivity contribution >= 4 is 29.5 Å². The van der Waals surface area contributed by atoms with Crippen LogP contribution in [0.15, 0.2) is 30.3 Å². The van der Waals surface area contributed by atoms with Crippen LogP contribution in [0.1, 0.15) is 18.5 Å². The number of nitrogens with one attached hydrogen (secondary N) is 1. The molecular weight excluding hydrogens is 292 g/mol. The zero-order valence-corrected chi connectivity index (χ0v) is 12.3. The molecule has 1 heterocycles. The van der Waals surface area contributed by atoms with E-state index in [0.29, 0.717) is 17.2 Å². The molecule has 112 valence electrons. The van der Waals surface area contributed by atoms with Gasteiger partial charge >= 0.3 is 5.97 Å². The molecule has 0 aliphatic carbocycles. The molecule has 1 saturated heterocycles. The second-order valence-electron chi connectivity index (χ2n) is 4.70. The number of carboxylic acids is 1. The third kappa shape index (κ3) is 3.55.